The summed E-state index contributed by atoms with van der Waals surface area (Å²) >= 11 is 0. The lowest BCUT2D eigenvalue weighted by atomic mass is 9.81. The summed E-state index contributed by atoms with van der Waals surface area (Å²) in [4.78, 5) is 0. The van der Waals surface area contributed by atoms with E-state index in [-0.39, 0.29) is 5.41 Å². The second-order valence-corrected chi connectivity index (χ2v) is 5.43. The monoisotopic (exact) mass is 231 g/mol. The molecule has 1 aliphatic rings. The largest absolute Gasteiger partial charge is 0.276 e. The minimum atomic E-state index is -0.0590. The van der Waals surface area contributed by atoms with Crippen LogP contribution in [-0.2, 0) is 13.5 Å². The molecule has 1 fully saturated rings. The standard InChI is InChI=1S/C14H21N3/c1-3-12-4-6-14(8-12,11-15)7-5-13-9-16-17(2)10-13/h9-10,12H,3-8H2,1-2H3. The van der Waals surface area contributed by atoms with Crippen LogP contribution in [0.1, 0.15) is 44.6 Å². The van der Waals surface area contributed by atoms with Gasteiger partial charge in [-0.05, 0) is 43.6 Å². The van der Waals surface area contributed by atoms with Gasteiger partial charge >= 0.3 is 0 Å². The highest BCUT2D eigenvalue weighted by atomic mass is 15.2. The van der Waals surface area contributed by atoms with Gasteiger partial charge in [-0.3, -0.25) is 4.68 Å². The van der Waals surface area contributed by atoms with Crippen LogP contribution in [0, 0.1) is 22.7 Å². The zero-order valence-electron chi connectivity index (χ0n) is 10.8. The van der Waals surface area contributed by atoms with Crippen LogP contribution in [-0.4, -0.2) is 9.78 Å². The van der Waals surface area contributed by atoms with E-state index in [4.69, 9.17) is 0 Å². The summed E-state index contributed by atoms with van der Waals surface area (Å²) in [5.41, 5.74) is 1.19. The highest BCUT2D eigenvalue weighted by Crippen LogP contribution is 2.45. The molecule has 17 heavy (non-hydrogen) atoms. The molecule has 0 amide bonds. The molecule has 0 spiro atoms. The Balaban J connectivity index is 1.95. The van der Waals surface area contributed by atoms with E-state index in [0.717, 1.165) is 31.6 Å². The van der Waals surface area contributed by atoms with Gasteiger partial charge in [-0.15, -0.1) is 0 Å². The fourth-order valence-corrected chi connectivity index (χ4v) is 2.95. The SMILES string of the molecule is CCC1CCC(C#N)(CCc2cnn(C)c2)C1. The van der Waals surface area contributed by atoms with Crippen LogP contribution in [0.4, 0.5) is 0 Å². The number of nitriles is 1. The lowest BCUT2D eigenvalue weighted by Gasteiger charge is -2.20. The first kappa shape index (κ1) is 12.2. The maximum Gasteiger partial charge on any atom is 0.0689 e. The van der Waals surface area contributed by atoms with Crippen molar-refractivity contribution >= 4 is 0 Å². The topological polar surface area (TPSA) is 41.6 Å². The van der Waals surface area contributed by atoms with Gasteiger partial charge in [0.2, 0.25) is 0 Å². The van der Waals surface area contributed by atoms with E-state index in [1.807, 2.05) is 17.9 Å². The van der Waals surface area contributed by atoms with Crippen LogP contribution in [0.5, 0.6) is 0 Å². The zero-order chi connectivity index (χ0) is 12.3. The molecule has 2 unspecified atom stereocenters. The lowest BCUT2D eigenvalue weighted by molar-refractivity contribution is 0.355. The molecule has 3 heteroatoms. The van der Waals surface area contributed by atoms with Crippen molar-refractivity contribution in [3.05, 3.63) is 18.0 Å². The summed E-state index contributed by atoms with van der Waals surface area (Å²) in [6, 6.07) is 2.59. The summed E-state index contributed by atoms with van der Waals surface area (Å²) in [6.07, 6.45) is 10.6. The average molecular weight is 231 g/mol. The molecule has 1 saturated carbocycles. The molecule has 1 aromatic heterocycles. The van der Waals surface area contributed by atoms with E-state index in [1.165, 1.54) is 18.4 Å². The molecule has 0 radical (unpaired) electrons. The first-order chi connectivity index (χ1) is 8.17. The molecule has 92 valence electrons. The third kappa shape index (κ3) is 2.69. The third-order valence-electron chi connectivity index (χ3n) is 4.18. The number of nitrogens with zero attached hydrogens (tertiary/aromatic N) is 3. The van der Waals surface area contributed by atoms with Gasteiger partial charge in [-0.25, -0.2) is 0 Å². The molecule has 1 heterocycles. The fraction of sp³-hybridized carbons (Fsp3) is 0.714. The van der Waals surface area contributed by atoms with E-state index in [0.29, 0.717) is 0 Å². The molecule has 3 nitrogen and oxygen atoms in total. The van der Waals surface area contributed by atoms with Gasteiger partial charge in [-0.2, -0.15) is 10.4 Å². The van der Waals surface area contributed by atoms with E-state index in [2.05, 4.69) is 24.3 Å². The predicted octanol–water partition coefficient (Wildman–Crippen LogP) is 3.07. The first-order valence-electron chi connectivity index (χ1n) is 6.56. The van der Waals surface area contributed by atoms with Gasteiger partial charge in [0, 0.05) is 13.2 Å². The van der Waals surface area contributed by atoms with Crippen LogP contribution in [0.3, 0.4) is 0 Å². The Kier molecular flexibility index (Phi) is 3.51. The molecular formula is C14H21N3. The Hall–Kier alpha value is -1.30. The molecule has 0 N–H and O–H groups in total. The minimum Gasteiger partial charge on any atom is -0.276 e. The van der Waals surface area contributed by atoms with Gasteiger partial charge in [0.15, 0.2) is 0 Å². The van der Waals surface area contributed by atoms with Crippen molar-refractivity contribution in [2.45, 2.75) is 45.4 Å². The second-order valence-electron chi connectivity index (χ2n) is 5.43. The summed E-state index contributed by atoms with van der Waals surface area (Å²) in [7, 11) is 1.94. The molecule has 0 saturated heterocycles. The van der Waals surface area contributed by atoms with Crippen LogP contribution >= 0.6 is 0 Å². The van der Waals surface area contributed by atoms with Crippen molar-refractivity contribution in [2.75, 3.05) is 0 Å². The summed E-state index contributed by atoms with van der Waals surface area (Å²) < 4.78 is 1.83. The summed E-state index contributed by atoms with van der Waals surface area (Å²) in [5, 5.41) is 13.6. The molecule has 1 aliphatic carbocycles. The number of aryl methyl sites for hydroxylation is 2. The minimum absolute atomic E-state index is 0.0590. The van der Waals surface area contributed by atoms with Crippen LogP contribution < -0.4 is 0 Å². The van der Waals surface area contributed by atoms with Gasteiger partial charge in [0.1, 0.15) is 0 Å². The zero-order valence-corrected chi connectivity index (χ0v) is 10.8. The van der Waals surface area contributed by atoms with Crippen molar-refractivity contribution in [3.8, 4) is 6.07 Å². The number of aromatic nitrogens is 2. The van der Waals surface area contributed by atoms with Crippen LogP contribution in [0.25, 0.3) is 0 Å². The Morgan fingerprint density at radius 2 is 2.47 bits per heavy atom. The van der Waals surface area contributed by atoms with Crippen LogP contribution in [0.2, 0.25) is 0 Å². The van der Waals surface area contributed by atoms with Gasteiger partial charge in [-0.1, -0.05) is 13.3 Å². The van der Waals surface area contributed by atoms with Crippen molar-refractivity contribution in [2.24, 2.45) is 18.4 Å². The molecule has 0 aromatic carbocycles. The Morgan fingerprint density at radius 1 is 1.65 bits per heavy atom. The van der Waals surface area contributed by atoms with Crippen molar-refractivity contribution in [1.29, 1.82) is 5.26 Å². The van der Waals surface area contributed by atoms with Gasteiger partial charge in [0.25, 0.3) is 0 Å². The van der Waals surface area contributed by atoms with E-state index in [9.17, 15) is 5.26 Å². The third-order valence-corrected chi connectivity index (χ3v) is 4.18. The molecular weight excluding hydrogens is 210 g/mol. The highest BCUT2D eigenvalue weighted by molar-refractivity contribution is 5.09. The van der Waals surface area contributed by atoms with Crippen LogP contribution in [0.15, 0.2) is 12.4 Å². The first-order valence-corrected chi connectivity index (χ1v) is 6.56. The normalized spacial score (nSPS) is 28.2. The van der Waals surface area contributed by atoms with E-state index >= 15 is 0 Å². The van der Waals surface area contributed by atoms with Crippen molar-refractivity contribution in [1.82, 2.24) is 9.78 Å². The smallest absolute Gasteiger partial charge is 0.0689 e. The Morgan fingerprint density at radius 3 is 3.00 bits per heavy atom. The quantitative estimate of drug-likeness (QED) is 0.799. The number of rotatable bonds is 4. The molecule has 0 bridgehead atoms. The predicted molar refractivity (Wildman–Crippen MR) is 67.2 cm³/mol. The van der Waals surface area contributed by atoms with Crippen molar-refractivity contribution < 1.29 is 0 Å². The van der Waals surface area contributed by atoms with Gasteiger partial charge in [0.05, 0.1) is 17.7 Å². The maximum atomic E-state index is 9.44. The molecule has 0 aliphatic heterocycles. The highest BCUT2D eigenvalue weighted by Gasteiger charge is 2.38. The fourth-order valence-electron chi connectivity index (χ4n) is 2.95. The molecule has 2 atom stereocenters. The molecule has 2 rings (SSSR count). The number of hydrogen-bond acceptors (Lipinski definition) is 2. The summed E-state index contributed by atoms with van der Waals surface area (Å²) in [6.45, 7) is 2.24. The number of hydrogen-bond donors (Lipinski definition) is 0. The van der Waals surface area contributed by atoms with E-state index < -0.39 is 0 Å². The lowest BCUT2D eigenvalue weighted by Crippen LogP contribution is -2.15. The van der Waals surface area contributed by atoms with E-state index in [1.54, 1.807) is 0 Å². The van der Waals surface area contributed by atoms with Gasteiger partial charge < -0.3 is 0 Å². The maximum absolute atomic E-state index is 9.44. The Bertz CT molecular complexity index is 415. The van der Waals surface area contributed by atoms with Crippen molar-refractivity contribution in [3.63, 3.8) is 0 Å². The summed E-state index contributed by atoms with van der Waals surface area (Å²) in [5.74, 6) is 0.767. The second kappa shape index (κ2) is 4.91. The Labute approximate surface area is 103 Å². The average Bonchev–Trinajstić information content (AvgIpc) is 2.94. The molecule has 1 aromatic rings.